The minimum absolute atomic E-state index is 0.0538. The third kappa shape index (κ3) is 5.54. The highest BCUT2D eigenvalue weighted by atomic mass is 16.7. The molecule has 4 N–H and O–H groups in total. The molecular formula is C17H24N4O4. The van der Waals surface area contributed by atoms with Gasteiger partial charge in [-0.25, -0.2) is 0 Å². The van der Waals surface area contributed by atoms with Gasteiger partial charge in [0.1, 0.15) is 0 Å². The fourth-order valence-electron chi connectivity index (χ4n) is 2.96. The van der Waals surface area contributed by atoms with Crippen LogP contribution >= 0.6 is 0 Å². The molecule has 1 fully saturated rings. The lowest BCUT2D eigenvalue weighted by molar-refractivity contribution is -0.152. The molecule has 3 atom stereocenters. The van der Waals surface area contributed by atoms with Crippen molar-refractivity contribution in [3.8, 4) is 0 Å². The van der Waals surface area contributed by atoms with Crippen LogP contribution in [-0.4, -0.2) is 47.5 Å². The molecule has 1 aliphatic heterocycles. The standard InChI is InChI=1S/C17H24N4O4/c1-11(7-17(23)24)20-16(22)9-14-8-15(21(2)25-14)13-5-3-12(4-6-13)10-19-18/h3-6,10-11,14-15H,7-9,18H2,1-2H3,(H,20,22)(H,23,24)/t11-,14+,15-/m1/s1. The fourth-order valence-corrected chi connectivity index (χ4v) is 2.96. The molecule has 1 heterocycles. The van der Waals surface area contributed by atoms with Crippen LogP contribution in [0, 0.1) is 0 Å². The average molecular weight is 348 g/mol. The Morgan fingerprint density at radius 1 is 1.48 bits per heavy atom. The molecule has 1 amide bonds. The van der Waals surface area contributed by atoms with Crippen molar-refractivity contribution in [1.82, 2.24) is 10.4 Å². The minimum atomic E-state index is -0.937. The van der Waals surface area contributed by atoms with Crippen LogP contribution in [0.1, 0.15) is 43.4 Å². The molecule has 0 radical (unpaired) electrons. The number of hydrazone groups is 1. The molecule has 1 aromatic carbocycles. The number of hydrogen-bond acceptors (Lipinski definition) is 6. The number of amides is 1. The predicted octanol–water partition coefficient (Wildman–Crippen LogP) is 1.03. The van der Waals surface area contributed by atoms with Gasteiger partial charge in [-0.3, -0.25) is 14.4 Å². The Hall–Kier alpha value is -2.45. The molecule has 0 unspecified atom stereocenters. The number of benzene rings is 1. The van der Waals surface area contributed by atoms with Gasteiger partial charge in [0.2, 0.25) is 5.91 Å². The highest BCUT2D eigenvalue weighted by molar-refractivity contribution is 5.79. The van der Waals surface area contributed by atoms with Crippen LogP contribution in [0.2, 0.25) is 0 Å². The van der Waals surface area contributed by atoms with Crippen LogP contribution in [0.3, 0.4) is 0 Å². The van der Waals surface area contributed by atoms with E-state index >= 15 is 0 Å². The van der Waals surface area contributed by atoms with Gasteiger partial charge in [0.05, 0.1) is 31.2 Å². The molecule has 0 spiro atoms. The van der Waals surface area contributed by atoms with Gasteiger partial charge >= 0.3 is 5.97 Å². The molecule has 0 aromatic heterocycles. The van der Waals surface area contributed by atoms with Crippen molar-refractivity contribution in [3.05, 3.63) is 35.4 Å². The summed E-state index contributed by atoms with van der Waals surface area (Å²) < 4.78 is 0. The minimum Gasteiger partial charge on any atom is -0.481 e. The number of carbonyl (C=O) groups excluding carboxylic acids is 1. The van der Waals surface area contributed by atoms with Gasteiger partial charge in [-0.2, -0.15) is 10.2 Å². The summed E-state index contributed by atoms with van der Waals surface area (Å²) in [5, 5.41) is 16.7. The van der Waals surface area contributed by atoms with E-state index in [0.717, 1.165) is 11.1 Å². The maximum atomic E-state index is 12.0. The van der Waals surface area contributed by atoms with E-state index in [4.69, 9.17) is 15.8 Å². The summed E-state index contributed by atoms with van der Waals surface area (Å²) in [5.74, 6) is 4.00. The van der Waals surface area contributed by atoms with Crippen LogP contribution in [0.4, 0.5) is 0 Å². The van der Waals surface area contributed by atoms with Crippen molar-refractivity contribution in [3.63, 3.8) is 0 Å². The Kier molecular flexibility index (Phi) is 6.49. The summed E-state index contributed by atoms with van der Waals surface area (Å²) in [7, 11) is 1.84. The van der Waals surface area contributed by atoms with Gasteiger partial charge < -0.3 is 16.3 Å². The van der Waals surface area contributed by atoms with E-state index in [1.54, 1.807) is 18.2 Å². The first kappa shape index (κ1) is 18.9. The highest BCUT2D eigenvalue weighted by Crippen LogP contribution is 2.33. The van der Waals surface area contributed by atoms with E-state index in [2.05, 4.69) is 10.4 Å². The molecular weight excluding hydrogens is 324 g/mol. The lowest BCUT2D eigenvalue weighted by Gasteiger charge is -2.17. The number of carboxylic acids is 1. The summed E-state index contributed by atoms with van der Waals surface area (Å²) in [6, 6.07) is 7.47. The van der Waals surface area contributed by atoms with Gasteiger partial charge in [0.15, 0.2) is 0 Å². The van der Waals surface area contributed by atoms with E-state index in [-0.39, 0.29) is 30.9 Å². The quantitative estimate of drug-likeness (QED) is 0.385. The number of nitrogens with zero attached hydrogens (tertiary/aromatic N) is 2. The molecule has 25 heavy (non-hydrogen) atoms. The van der Waals surface area contributed by atoms with Crippen molar-refractivity contribution in [1.29, 1.82) is 0 Å². The predicted molar refractivity (Wildman–Crippen MR) is 92.7 cm³/mol. The van der Waals surface area contributed by atoms with E-state index < -0.39 is 12.0 Å². The fraction of sp³-hybridized carbons (Fsp3) is 0.471. The van der Waals surface area contributed by atoms with Gasteiger partial charge in [0, 0.05) is 13.1 Å². The monoisotopic (exact) mass is 348 g/mol. The molecule has 136 valence electrons. The molecule has 0 saturated carbocycles. The molecule has 1 aromatic rings. The Morgan fingerprint density at radius 2 is 2.16 bits per heavy atom. The molecule has 1 saturated heterocycles. The largest absolute Gasteiger partial charge is 0.481 e. The number of aliphatic carboxylic acids is 1. The number of carboxylic acid groups (broad SMARTS) is 1. The zero-order valence-electron chi connectivity index (χ0n) is 14.4. The van der Waals surface area contributed by atoms with E-state index in [1.165, 1.54) is 0 Å². The summed E-state index contributed by atoms with van der Waals surface area (Å²) in [4.78, 5) is 28.4. The van der Waals surface area contributed by atoms with Crippen LogP contribution in [0.5, 0.6) is 0 Å². The maximum Gasteiger partial charge on any atom is 0.305 e. The van der Waals surface area contributed by atoms with Crippen LogP contribution in [0.15, 0.2) is 29.4 Å². The molecule has 0 bridgehead atoms. The molecule has 0 aliphatic carbocycles. The van der Waals surface area contributed by atoms with Crippen molar-refractivity contribution in [2.75, 3.05) is 7.05 Å². The Morgan fingerprint density at radius 3 is 2.76 bits per heavy atom. The van der Waals surface area contributed by atoms with Gasteiger partial charge in [-0.1, -0.05) is 24.3 Å². The van der Waals surface area contributed by atoms with E-state index in [9.17, 15) is 9.59 Å². The number of nitrogens with one attached hydrogen (secondary N) is 1. The zero-order valence-corrected chi connectivity index (χ0v) is 14.4. The summed E-state index contributed by atoms with van der Waals surface area (Å²) in [6.45, 7) is 1.67. The third-order valence-electron chi connectivity index (χ3n) is 4.09. The Labute approximate surface area is 146 Å². The number of hydroxylamine groups is 2. The van der Waals surface area contributed by atoms with E-state index in [1.807, 2.05) is 31.3 Å². The summed E-state index contributed by atoms with van der Waals surface area (Å²) >= 11 is 0. The first-order chi connectivity index (χ1) is 11.9. The molecule has 8 nitrogen and oxygen atoms in total. The van der Waals surface area contributed by atoms with Gasteiger partial charge in [-0.15, -0.1) is 0 Å². The number of hydrogen-bond donors (Lipinski definition) is 3. The van der Waals surface area contributed by atoms with Crippen molar-refractivity contribution in [2.24, 2.45) is 10.9 Å². The zero-order chi connectivity index (χ0) is 18.4. The second kappa shape index (κ2) is 8.59. The SMILES string of the molecule is C[C@H](CC(=O)O)NC(=O)C[C@@H]1C[C@H](c2ccc(C=NN)cc2)N(C)O1. The number of nitrogens with two attached hydrogens (primary N) is 1. The second-order valence-corrected chi connectivity index (χ2v) is 6.24. The molecule has 2 rings (SSSR count). The number of carbonyl (C=O) groups is 2. The smallest absolute Gasteiger partial charge is 0.305 e. The van der Waals surface area contributed by atoms with Crippen molar-refractivity contribution in [2.45, 2.75) is 44.4 Å². The highest BCUT2D eigenvalue weighted by Gasteiger charge is 2.33. The lowest BCUT2D eigenvalue weighted by Crippen LogP contribution is -2.36. The topological polar surface area (TPSA) is 117 Å². The Bertz CT molecular complexity index is 632. The van der Waals surface area contributed by atoms with Crippen molar-refractivity contribution < 1.29 is 19.5 Å². The first-order valence-electron chi connectivity index (χ1n) is 8.13. The summed E-state index contributed by atoms with van der Waals surface area (Å²) in [6.07, 6.45) is 2.12. The van der Waals surface area contributed by atoms with Crippen LogP contribution in [-0.2, 0) is 14.4 Å². The third-order valence-corrected chi connectivity index (χ3v) is 4.09. The molecule has 1 aliphatic rings. The van der Waals surface area contributed by atoms with Crippen LogP contribution in [0.25, 0.3) is 0 Å². The molecule has 8 heteroatoms. The Balaban J connectivity index is 1.90. The van der Waals surface area contributed by atoms with Crippen LogP contribution < -0.4 is 11.2 Å². The lowest BCUT2D eigenvalue weighted by atomic mass is 9.99. The van der Waals surface area contributed by atoms with Crippen molar-refractivity contribution >= 4 is 18.1 Å². The average Bonchev–Trinajstić information content (AvgIpc) is 2.87. The summed E-state index contributed by atoms with van der Waals surface area (Å²) in [5.41, 5.74) is 2.00. The van der Waals surface area contributed by atoms with E-state index in [0.29, 0.717) is 6.42 Å². The maximum absolute atomic E-state index is 12.0. The van der Waals surface area contributed by atoms with Gasteiger partial charge in [-0.05, 0) is 24.5 Å². The number of rotatable bonds is 7. The van der Waals surface area contributed by atoms with Gasteiger partial charge in [0.25, 0.3) is 0 Å². The normalized spacial score (nSPS) is 22.2. The second-order valence-electron chi connectivity index (χ2n) is 6.24. The first-order valence-corrected chi connectivity index (χ1v) is 8.13.